The number of nitrogens with two attached hydrogens (primary N) is 2. The third-order valence-electron chi connectivity index (χ3n) is 5.30. The van der Waals surface area contributed by atoms with E-state index in [1.165, 1.54) is 0 Å². The molecule has 33 heavy (non-hydrogen) atoms. The number of hydrazone groups is 1. The molecule has 5 aromatic rings. The Labute approximate surface area is 194 Å². The Morgan fingerprint density at radius 2 is 1.79 bits per heavy atom. The van der Waals surface area contributed by atoms with Crippen molar-refractivity contribution in [3.63, 3.8) is 0 Å². The van der Waals surface area contributed by atoms with Crippen LogP contribution < -0.4 is 27.2 Å². The molecule has 0 bridgehead atoms. The number of fused-ring (bicyclic) bond motifs is 3. The average Bonchev–Trinajstić information content (AvgIpc) is 3.36. The number of nitrogens with zero attached hydrogens (tertiary/aromatic N) is 2. The molecule has 0 spiro atoms. The van der Waals surface area contributed by atoms with E-state index in [9.17, 15) is 0 Å². The Bertz CT molecular complexity index is 1430. The van der Waals surface area contributed by atoms with Gasteiger partial charge in [0.25, 0.3) is 0 Å². The minimum atomic E-state index is 0.394. The zero-order chi connectivity index (χ0) is 22.6. The van der Waals surface area contributed by atoms with Crippen LogP contribution in [0.5, 0.6) is 5.75 Å². The lowest BCUT2D eigenvalue weighted by atomic mass is 10.1. The Morgan fingerprint density at radius 3 is 2.55 bits per heavy atom. The van der Waals surface area contributed by atoms with Crippen molar-refractivity contribution in [1.29, 1.82) is 0 Å². The van der Waals surface area contributed by atoms with E-state index in [2.05, 4.69) is 27.3 Å². The fourth-order valence-electron chi connectivity index (χ4n) is 3.65. The van der Waals surface area contributed by atoms with Crippen molar-refractivity contribution in [2.45, 2.75) is 6.61 Å². The third-order valence-corrected chi connectivity index (χ3v) is 6.25. The van der Waals surface area contributed by atoms with Gasteiger partial charge in [-0.15, -0.1) is 11.3 Å². The van der Waals surface area contributed by atoms with E-state index in [1.54, 1.807) is 11.3 Å². The lowest BCUT2D eigenvalue weighted by Gasteiger charge is -2.12. The molecular weight excluding hydrogens is 432 g/mol. The van der Waals surface area contributed by atoms with Crippen LogP contribution >= 0.6 is 11.3 Å². The summed E-state index contributed by atoms with van der Waals surface area (Å²) in [5.74, 6) is 12.9. The summed E-state index contributed by atoms with van der Waals surface area (Å²) in [6, 6.07) is 25.9. The second-order valence-electron chi connectivity index (χ2n) is 7.40. The van der Waals surface area contributed by atoms with Gasteiger partial charge in [-0.05, 0) is 47.3 Å². The molecule has 0 saturated heterocycles. The number of thiophene rings is 1. The lowest BCUT2D eigenvalue weighted by Crippen LogP contribution is -2.32. The van der Waals surface area contributed by atoms with Crippen LogP contribution in [0.25, 0.3) is 21.0 Å². The summed E-state index contributed by atoms with van der Waals surface area (Å²) in [6.07, 6.45) is 0. The maximum absolute atomic E-state index is 5.89. The molecule has 3 aromatic carbocycles. The number of pyridine rings is 1. The van der Waals surface area contributed by atoms with Gasteiger partial charge in [0.05, 0.1) is 5.52 Å². The normalized spacial score (nSPS) is 11.6. The van der Waals surface area contributed by atoms with Crippen LogP contribution in [0, 0.1) is 0 Å². The lowest BCUT2D eigenvalue weighted by molar-refractivity contribution is 0.306. The first kappa shape index (κ1) is 20.7. The molecule has 0 aliphatic heterocycles. The highest BCUT2D eigenvalue weighted by atomic mass is 32.1. The predicted octanol–water partition coefficient (Wildman–Crippen LogP) is 4.86. The molecule has 0 amide bonds. The Balaban J connectivity index is 1.42. The highest BCUT2D eigenvalue weighted by molar-refractivity contribution is 7.18. The van der Waals surface area contributed by atoms with Crippen molar-refractivity contribution in [2.75, 3.05) is 5.32 Å². The van der Waals surface area contributed by atoms with Gasteiger partial charge in [0.15, 0.2) is 5.84 Å². The number of anilines is 2. The van der Waals surface area contributed by atoms with Gasteiger partial charge >= 0.3 is 0 Å². The van der Waals surface area contributed by atoms with E-state index >= 15 is 0 Å². The van der Waals surface area contributed by atoms with E-state index in [1.807, 2.05) is 72.8 Å². The number of benzene rings is 3. The van der Waals surface area contributed by atoms with Crippen LogP contribution in [0.15, 0.2) is 89.3 Å². The van der Waals surface area contributed by atoms with Crippen molar-refractivity contribution < 1.29 is 4.74 Å². The van der Waals surface area contributed by atoms with Crippen LogP contribution in [0.1, 0.15) is 11.1 Å². The van der Waals surface area contributed by atoms with Gasteiger partial charge in [-0.2, -0.15) is 5.10 Å². The Hall–Kier alpha value is -4.14. The number of hydrogen-bond donors (Lipinski definition) is 4. The quantitative estimate of drug-likeness (QED) is 0.126. The molecule has 7 nitrogen and oxygen atoms in total. The summed E-state index contributed by atoms with van der Waals surface area (Å²) in [5, 5.41) is 11.3. The second kappa shape index (κ2) is 9.15. The molecular formula is C25H22N6OS. The number of hydrogen-bond acceptors (Lipinski definition) is 7. The minimum absolute atomic E-state index is 0.394. The molecule has 5 rings (SSSR count). The SMILES string of the molecule is N/N=C(\NN)c1ccc2c(c1)nc(Nc1ccc(OCc3ccccc3)cc1)c1ccsc12. The van der Waals surface area contributed by atoms with Crippen molar-refractivity contribution >= 4 is 49.7 Å². The molecule has 0 aliphatic carbocycles. The van der Waals surface area contributed by atoms with Crippen LogP contribution in [0.3, 0.4) is 0 Å². The molecule has 2 aromatic heterocycles. The average molecular weight is 455 g/mol. The number of hydrazine groups is 1. The summed E-state index contributed by atoms with van der Waals surface area (Å²) >= 11 is 1.68. The predicted molar refractivity (Wildman–Crippen MR) is 136 cm³/mol. The van der Waals surface area contributed by atoms with Gasteiger partial charge < -0.3 is 21.3 Å². The zero-order valence-corrected chi connectivity index (χ0v) is 18.5. The van der Waals surface area contributed by atoms with E-state index in [0.717, 1.165) is 49.4 Å². The topological polar surface area (TPSA) is 111 Å². The molecule has 6 N–H and O–H groups in total. The summed E-state index contributed by atoms with van der Waals surface area (Å²) in [6.45, 7) is 0.531. The minimum Gasteiger partial charge on any atom is -0.489 e. The fourth-order valence-corrected chi connectivity index (χ4v) is 4.58. The molecule has 8 heteroatoms. The number of rotatable bonds is 6. The van der Waals surface area contributed by atoms with Gasteiger partial charge in [-0.25, -0.2) is 10.8 Å². The molecule has 0 fully saturated rings. The first-order valence-corrected chi connectivity index (χ1v) is 11.2. The van der Waals surface area contributed by atoms with Crippen molar-refractivity contribution in [3.05, 3.63) is 95.4 Å². The summed E-state index contributed by atoms with van der Waals surface area (Å²) < 4.78 is 7.05. The molecule has 0 unspecified atom stereocenters. The van der Waals surface area contributed by atoms with Crippen molar-refractivity contribution in [2.24, 2.45) is 16.8 Å². The standard InChI is InChI=1S/C25H22N6OS/c26-30-24(31-27)17-6-11-20-22(14-17)29-25(21-12-13-33-23(20)21)28-18-7-9-19(10-8-18)32-15-16-4-2-1-3-5-16/h1-14H,15,26-27H2,(H,28,29)(H,30,31). The monoisotopic (exact) mass is 454 g/mol. The van der Waals surface area contributed by atoms with Crippen LogP contribution in [-0.4, -0.2) is 10.8 Å². The van der Waals surface area contributed by atoms with Gasteiger partial charge in [-0.3, -0.25) is 0 Å². The van der Waals surface area contributed by atoms with Crippen LogP contribution in [0.2, 0.25) is 0 Å². The smallest absolute Gasteiger partial charge is 0.166 e. The van der Waals surface area contributed by atoms with Crippen molar-refractivity contribution in [3.8, 4) is 5.75 Å². The highest BCUT2D eigenvalue weighted by Gasteiger charge is 2.12. The molecule has 2 heterocycles. The third kappa shape index (κ3) is 4.30. The van der Waals surface area contributed by atoms with Crippen LogP contribution in [0.4, 0.5) is 11.5 Å². The van der Waals surface area contributed by atoms with Gasteiger partial charge in [0, 0.05) is 26.7 Å². The van der Waals surface area contributed by atoms with Crippen LogP contribution in [-0.2, 0) is 6.61 Å². The van der Waals surface area contributed by atoms with Gasteiger partial charge in [0.1, 0.15) is 18.2 Å². The molecule has 0 aliphatic rings. The Kier molecular flexibility index (Phi) is 5.75. The van der Waals surface area contributed by atoms with Crippen molar-refractivity contribution in [1.82, 2.24) is 10.4 Å². The molecule has 0 atom stereocenters. The van der Waals surface area contributed by atoms with E-state index in [0.29, 0.717) is 12.4 Å². The molecule has 164 valence electrons. The second-order valence-corrected chi connectivity index (χ2v) is 8.32. The highest BCUT2D eigenvalue weighted by Crippen LogP contribution is 2.35. The zero-order valence-electron chi connectivity index (χ0n) is 17.7. The Morgan fingerprint density at radius 1 is 0.970 bits per heavy atom. The van der Waals surface area contributed by atoms with E-state index in [4.69, 9.17) is 21.4 Å². The molecule has 0 radical (unpaired) electrons. The fraction of sp³-hybridized carbons (Fsp3) is 0.0400. The summed E-state index contributed by atoms with van der Waals surface area (Å²) in [4.78, 5) is 4.88. The first-order valence-electron chi connectivity index (χ1n) is 10.3. The summed E-state index contributed by atoms with van der Waals surface area (Å²) in [7, 11) is 0. The van der Waals surface area contributed by atoms with Gasteiger partial charge in [-0.1, -0.05) is 42.5 Å². The maximum Gasteiger partial charge on any atom is 0.166 e. The number of amidine groups is 1. The van der Waals surface area contributed by atoms with E-state index < -0.39 is 0 Å². The number of ether oxygens (including phenoxy) is 1. The molecule has 0 saturated carbocycles. The maximum atomic E-state index is 5.89. The summed E-state index contributed by atoms with van der Waals surface area (Å²) in [5.41, 5.74) is 6.16. The van der Waals surface area contributed by atoms with E-state index in [-0.39, 0.29) is 0 Å². The number of aromatic nitrogens is 1. The largest absolute Gasteiger partial charge is 0.489 e. The first-order chi connectivity index (χ1) is 16.2. The number of nitrogens with one attached hydrogen (secondary N) is 2. The van der Waals surface area contributed by atoms with Gasteiger partial charge in [0.2, 0.25) is 0 Å².